The molecule has 138 valence electrons. The average molecular weight is 379 g/mol. The van der Waals surface area contributed by atoms with E-state index in [9.17, 15) is 9.59 Å². The standard InChI is InChI=1S/C21H21N3O2S/c1-11-5-7-15(8-6-11)24-21-19(13(3)23-24)17(10-18(25)22-21)20(26)16-9-12(2)27-14(16)4/h5-9,17H,10H2,1-4H3,(H,22,25). The Labute approximate surface area is 162 Å². The molecule has 0 spiro atoms. The Hall–Kier alpha value is -2.73. The van der Waals surface area contributed by atoms with Gasteiger partial charge in [-0.1, -0.05) is 17.7 Å². The summed E-state index contributed by atoms with van der Waals surface area (Å²) < 4.78 is 1.73. The summed E-state index contributed by atoms with van der Waals surface area (Å²) in [4.78, 5) is 27.8. The summed E-state index contributed by atoms with van der Waals surface area (Å²) in [5.41, 5.74) is 4.32. The molecular weight excluding hydrogens is 358 g/mol. The van der Waals surface area contributed by atoms with Crippen molar-refractivity contribution in [2.75, 3.05) is 5.32 Å². The van der Waals surface area contributed by atoms with Gasteiger partial charge in [-0.05, 0) is 45.9 Å². The van der Waals surface area contributed by atoms with Crippen LogP contribution in [0.3, 0.4) is 0 Å². The third kappa shape index (κ3) is 3.00. The molecular formula is C21H21N3O2S. The minimum atomic E-state index is -0.499. The van der Waals surface area contributed by atoms with Gasteiger partial charge in [-0.3, -0.25) is 9.59 Å². The minimum absolute atomic E-state index is 0.000457. The summed E-state index contributed by atoms with van der Waals surface area (Å²) in [6, 6.07) is 9.86. The molecule has 5 nitrogen and oxygen atoms in total. The highest BCUT2D eigenvalue weighted by molar-refractivity contribution is 7.12. The molecule has 1 N–H and O–H groups in total. The van der Waals surface area contributed by atoms with E-state index in [4.69, 9.17) is 0 Å². The molecule has 1 aliphatic rings. The van der Waals surface area contributed by atoms with E-state index in [2.05, 4.69) is 10.4 Å². The van der Waals surface area contributed by atoms with Crippen LogP contribution in [-0.2, 0) is 4.79 Å². The molecule has 0 saturated carbocycles. The number of anilines is 1. The van der Waals surface area contributed by atoms with Crippen LogP contribution in [0.5, 0.6) is 0 Å². The van der Waals surface area contributed by atoms with Gasteiger partial charge in [0.25, 0.3) is 0 Å². The number of Topliss-reactive ketones (excluding diaryl/α,β-unsaturated/α-hetero) is 1. The lowest BCUT2D eigenvalue weighted by Gasteiger charge is -2.23. The molecule has 1 aliphatic heterocycles. The molecule has 1 aromatic carbocycles. The molecule has 3 aromatic rings. The summed E-state index contributed by atoms with van der Waals surface area (Å²) in [5, 5.41) is 7.56. The molecule has 3 heterocycles. The Morgan fingerprint density at radius 2 is 1.89 bits per heavy atom. The maximum atomic E-state index is 13.3. The quantitative estimate of drug-likeness (QED) is 0.683. The van der Waals surface area contributed by atoms with E-state index < -0.39 is 5.92 Å². The van der Waals surface area contributed by atoms with Crippen molar-refractivity contribution in [3.8, 4) is 5.69 Å². The maximum absolute atomic E-state index is 13.3. The van der Waals surface area contributed by atoms with Crippen LogP contribution in [0.15, 0.2) is 30.3 Å². The molecule has 1 amide bonds. The Morgan fingerprint density at radius 1 is 1.19 bits per heavy atom. The number of thiophene rings is 1. The number of fused-ring (bicyclic) bond motifs is 1. The number of hydrogen-bond acceptors (Lipinski definition) is 4. The first kappa shape index (κ1) is 17.7. The number of carbonyl (C=O) groups excluding carboxylic acids is 2. The molecule has 1 atom stereocenters. The number of nitrogens with one attached hydrogen (secondary N) is 1. The van der Waals surface area contributed by atoms with Gasteiger partial charge in [-0.15, -0.1) is 11.3 Å². The number of aryl methyl sites for hydroxylation is 4. The van der Waals surface area contributed by atoms with Gasteiger partial charge in [0, 0.05) is 27.3 Å². The van der Waals surface area contributed by atoms with Crippen LogP contribution < -0.4 is 5.32 Å². The summed E-state index contributed by atoms with van der Waals surface area (Å²) >= 11 is 1.61. The lowest BCUT2D eigenvalue weighted by molar-refractivity contribution is -0.116. The Bertz CT molecular complexity index is 1060. The van der Waals surface area contributed by atoms with Crippen LogP contribution in [0.2, 0.25) is 0 Å². The molecule has 6 heteroatoms. The van der Waals surface area contributed by atoms with E-state index in [0.717, 1.165) is 32.3 Å². The van der Waals surface area contributed by atoms with Gasteiger partial charge < -0.3 is 5.32 Å². The monoisotopic (exact) mass is 379 g/mol. The number of nitrogens with zero attached hydrogens (tertiary/aromatic N) is 2. The second kappa shape index (κ2) is 6.46. The van der Waals surface area contributed by atoms with Crippen molar-refractivity contribution in [2.45, 2.75) is 40.0 Å². The summed E-state index contributed by atoms with van der Waals surface area (Å²) in [6.07, 6.45) is 0.153. The predicted molar refractivity (Wildman–Crippen MR) is 107 cm³/mol. The van der Waals surface area contributed by atoms with Crippen LogP contribution in [0.1, 0.15) is 49.3 Å². The highest BCUT2D eigenvalue weighted by Gasteiger charge is 2.37. The Kier molecular flexibility index (Phi) is 4.23. The summed E-state index contributed by atoms with van der Waals surface area (Å²) in [5.74, 6) is -0.0468. The van der Waals surface area contributed by atoms with Gasteiger partial charge in [0.1, 0.15) is 5.82 Å². The van der Waals surface area contributed by atoms with Crippen molar-refractivity contribution < 1.29 is 9.59 Å². The molecule has 0 bridgehead atoms. The van der Waals surface area contributed by atoms with Crippen molar-refractivity contribution in [1.29, 1.82) is 0 Å². The molecule has 1 unspecified atom stereocenters. The number of benzene rings is 1. The third-order valence-corrected chi connectivity index (χ3v) is 5.97. The van der Waals surface area contributed by atoms with E-state index in [0.29, 0.717) is 11.4 Å². The number of amides is 1. The van der Waals surface area contributed by atoms with E-state index in [1.807, 2.05) is 58.0 Å². The molecule has 2 aromatic heterocycles. The first-order valence-electron chi connectivity index (χ1n) is 8.93. The van der Waals surface area contributed by atoms with Crippen LogP contribution in [-0.4, -0.2) is 21.5 Å². The summed E-state index contributed by atoms with van der Waals surface area (Å²) in [6.45, 7) is 7.87. The van der Waals surface area contributed by atoms with Crippen LogP contribution >= 0.6 is 11.3 Å². The van der Waals surface area contributed by atoms with Crippen LogP contribution in [0, 0.1) is 27.7 Å². The van der Waals surface area contributed by atoms with Gasteiger partial charge in [0.15, 0.2) is 5.78 Å². The van der Waals surface area contributed by atoms with E-state index in [1.165, 1.54) is 0 Å². The van der Waals surface area contributed by atoms with Crippen LogP contribution in [0.25, 0.3) is 5.69 Å². The number of aromatic nitrogens is 2. The fourth-order valence-electron chi connectivity index (χ4n) is 3.71. The highest BCUT2D eigenvalue weighted by Crippen LogP contribution is 2.39. The molecule has 0 aliphatic carbocycles. The van der Waals surface area contributed by atoms with Gasteiger partial charge in [0.2, 0.25) is 5.91 Å². The normalized spacial score (nSPS) is 16.1. The third-order valence-electron chi connectivity index (χ3n) is 5.00. The predicted octanol–water partition coefficient (Wildman–Crippen LogP) is 4.48. The smallest absolute Gasteiger partial charge is 0.226 e. The lowest BCUT2D eigenvalue weighted by atomic mass is 9.85. The maximum Gasteiger partial charge on any atom is 0.226 e. The molecule has 4 rings (SSSR count). The van der Waals surface area contributed by atoms with E-state index in [1.54, 1.807) is 16.0 Å². The summed E-state index contributed by atoms with van der Waals surface area (Å²) in [7, 11) is 0. The number of rotatable bonds is 3. The van der Waals surface area contributed by atoms with Gasteiger partial charge in [-0.25, -0.2) is 4.68 Å². The Morgan fingerprint density at radius 3 is 2.52 bits per heavy atom. The van der Waals surface area contributed by atoms with Crippen molar-refractivity contribution in [3.63, 3.8) is 0 Å². The molecule has 0 fully saturated rings. The zero-order valence-corrected chi connectivity index (χ0v) is 16.6. The first-order chi connectivity index (χ1) is 12.8. The molecule has 0 saturated heterocycles. The Balaban J connectivity index is 1.83. The van der Waals surface area contributed by atoms with E-state index in [-0.39, 0.29) is 18.1 Å². The SMILES string of the molecule is Cc1ccc(-n2nc(C)c3c2NC(=O)CC3C(=O)c2cc(C)sc2C)cc1. The zero-order valence-electron chi connectivity index (χ0n) is 15.8. The second-order valence-electron chi connectivity index (χ2n) is 7.09. The lowest BCUT2D eigenvalue weighted by Crippen LogP contribution is -2.28. The zero-order chi connectivity index (χ0) is 19.3. The first-order valence-corrected chi connectivity index (χ1v) is 9.74. The average Bonchev–Trinajstić information content (AvgIpc) is 3.13. The van der Waals surface area contributed by atoms with Crippen molar-refractivity contribution >= 4 is 28.8 Å². The van der Waals surface area contributed by atoms with Crippen molar-refractivity contribution in [1.82, 2.24) is 9.78 Å². The highest BCUT2D eigenvalue weighted by atomic mass is 32.1. The molecule has 27 heavy (non-hydrogen) atoms. The van der Waals surface area contributed by atoms with E-state index >= 15 is 0 Å². The fourth-order valence-corrected chi connectivity index (χ4v) is 4.64. The minimum Gasteiger partial charge on any atom is -0.310 e. The van der Waals surface area contributed by atoms with Crippen molar-refractivity contribution in [2.24, 2.45) is 0 Å². The largest absolute Gasteiger partial charge is 0.310 e. The second-order valence-corrected chi connectivity index (χ2v) is 8.55. The van der Waals surface area contributed by atoms with Gasteiger partial charge in [-0.2, -0.15) is 5.10 Å². The topological polar surface area (TPSA) is 64.0 Å². The van der Waals surface area contributed by atoms with Gasteiger partial charge in [0.05, 0.1) is 17.3 Å². The van der Waals surface area contributed by atoms with Crippen molar-refractivity contribution in [3.05, 3.63) is 62.5 Å². The molecule has 0 radical (unpaired) electrons. The number of ketones is 1. The van der Waals surface area contributed by atoms with Gasteiger partial charge >= 0.3 is 0 Å². The number of hydrogen-bond donors (Lipinski definition) is 1. The van der Waals surface area contributed by atoms with Crippen LogP contribution in [0.4, 0.5) is 5.82 Å². The fraction of sp³-hybridized carbons (Fsp3) is 0.286. The number of carbonyl (C=O) groups is 2.